The molecule has 1 amide bonds. The molecule has 1 aromatic heterocycles. The number of aryl methyl sites for hydroxylation is 1. The number of carbonyl (C=O) groups excluding carboxylic acids is 1. The molecule has 3 rings (SSSR count). The van der Waals surface area contributed by atoms with Crippen molar-refractivity contribution in [2.75, 3.05) is 0 Å². The average molecular weight is 440 g/mol. The van der Waals surface area contributed by atoms with Crippen LogP contribution in [-0.4, -0.2) is 10.5 Å². The zero-order valence-corrected chi connectivity index (χ0v) is 17.9. The molecule has 7 heteroatoms. The smallest absolute Gasteiger partial charge is 0.279 e. The van der Waals surface area contributed by atoms with Gasteiger partial charge in [0.2, 0.25) is 0 Å². The first-order chi connectivity index (χ1) is 12.9. The van der Waals surface area contributed by atoms with Gasteiger partial charge in [0.1, 0.15) is 0 Å². The van der Waals surface area contributed by atoms with Crippen LogP contribution in [0.5, 0.6) is 0 Å². The van der Waals surface area contributed by atoms with E-state index in [-0.39, 0.29) is 5.91 Å². The van der Waals surface area contributed by atoms with Crippen LogP contribution in [0.3, 0.4) is 0 Å². The van der Waals surface area contributed by atoms with Crippen LogP contribution < -0.4 is 4.80 Å². The molecule has 0 atom stereocenters. The van der Waals surface area contributed by atoms with E-state index >= 15 is 0 Å². The molecule has 1 heterocycles. The number of thiazole rings is 1. The van der Waals surface area contributed by atoms with Gasteiger partial charge in [0.25, 0.3) is 5.91 Å². The van der Waals surface area contributed by atoms with Crippen molar-refractivity contribution in [3.8, 4) is 11.3 Å². The maximum atomic E-state index is 12.6. The third-order valence-electron chi connectivity index (χ3n) is 4.08. The zero-order chi connectivity index (χ0) is 19.6. The molecule has 0 bridgehead atoms. The average Bonchev–Trinajstić information content (AvgIpc) is 3.01. The molecule has 3 nitrogen and oxygen atoms in total. The number of nitrogens with zero attached hydrogens (tertiary/aromatic N) is 2. The van der Waals surface area contributed by atoms with Crippen LogP contribution in [0.2, 0.25) is 15.1 Å². The van der Waals surface area contributed by atoms with Crippen molar-refractivity contribution in [2.45, 2.75) is 26.8 Å². The molecule has 0 aliphatic rings. The van der Waals surface area contributed by atoms with Crippen LogP contribution in [-0.2, 0) is 13.0 Å². The topological polar surface area (TPSA) is 34.4 Å². The van der Waals surface area contributed by atoms with Gasteiger partial charge in [0.05, 0.1) is 15.7 Å². The highest BCUT2D eigenvalue weighted by molar-refractivity contribution is 7.09. The van der Waals surface area contributed by atoms with Gasteiger partial charge < -0.3 is 4.57 Å². The van der Waals surface area contributed by atoms with Gasteiger partial charge in [-0.2, -0.15) is 4.99 Å². The Hall–Kier alpha value is -1.59. The molecule has 3 aromatic rings. The van der Waals surface area contributed by atoms with Crippen LogP contribution >= 0.6 is 46.1 Å². The van der Waals surface area contributed by atoms with Crippen molar-refractivity contribution in [3.05, 3.63) is 72.8 Å². The van der Waals surface area contributed by atoms with E-state index in [2.05, 4.69) is 11.9 Å². The Kier molecular flexibility index (Phi) is 6.43. The highest BCUT2D eigenvalue weighted by Crippen LogP contribution is 2.32. The normalized spacial score (nSPS) is 11.8. The summed E-state index contributed by atoms with van der Waals surface area (Å²) in [6, 6.07) is 12.4. The summed E-state index contributed by atoms with van der Waals surface area (Å²) in [7, 11) is 0. The maximum Gasteiger partial charge on any atom is 0.279 e. The first-order valence-electron chi connectivity index (χ1n) is 8.47. The molecule has 0 spiro atoms. The van der Waals surface area contributed by atoms with E-state index in [0.29, 0.717) is 32.0 Å². The fraction of sp³-hybridized carbons (Fsp3) is 0.200. The standard InChI is InChI=1S/C20H17Cl3N2OS/c1-3-17-18(12-8-9-15(22)16(23)11-12)25(4-2)20(27-17)24-19(26)13-6-5-7-14(21)10-13/h5-11H,3-4H2,1-2H3. The lowest BCUT2D eigenvalue weighted by Crippen LogP contribution is -2.17. The fourth-order valence-electron chi connectivity index (χ4n) is 2.81. The lowest BCUT2D eigenvalue weighted by Gasteiger charge is -2.09. The van der Waals surface area contributed by atoms with Gasteiger partial charge in [-0.15, -0.1) is 11.3 Å². The number of amides is 1. The number of aromatic nitrogens is 1. The van der Waals surface area contributed by atoms with Crippen molar-refractivity contribution < 1.29 is 4.79 Å². The van der Waals surface area contributed by atoms with Crippen LogP contribution in [0.1, 0.15) is 29.1 Å². The number of halogens is 3. The summed E-state index contributed by atoms with van der Waals surface area (Å²) >= 11 is 19.8. The Morgan fingerprint density at radius 2 is 1.85 bits per heavy atom. The number of benzene rings is 2. The monoisotopic (exact) mass is 438 g/mol. The molecule has 0 saturated heterocycles. The molecule has 0 saturated carbocycles. The summed E-state index contributed by atoms with van der Waals surface area (Å²) in [5.74, 6) is -0.315. The Bertz CT molecular complexity index is 1070. The molecule has 0 radical (unpaired) electrons. The third kappa shape index (κ3) is 4.30. The summed E-state index contributed by atoms with van der Waals surface area (Å²) in [4.78, 5) is 18.8. The quantitative estimate of drug-likeness (QED) is 0.457. The summed E-state index contributed by atoms with van der Waals surface area (Å²) in [5.41, 5.74) is 2.44. The lowest BCUT2D eigenvalue weighted by atomic mass is 10.1. The van der Waals surface area contributed by atoms with Gasteiger partial charge in [-0.1, -0.05) is 53.9 Å². The van der Waals surface area contributed by atoms with Crippen LogP contribution in [0.25, 0.3) is 11.3 Å². The van der Waals surface area contributed by atoms with Gasteiger partial charge >= 0.3 is 0 Å². The van der Waals surface area contributed by atoms with Crippen LogP contribution in [0.15, 0.2) is 47.5 Å². The van der Waals surface area contributed by atoms with Crippen LogP contribution in [0, 0.1) is 0 Å². The third-order valence-corrected chi connectivity index (χ3v) is 6.28. The number of hydrogen-bond donors (Lipinski definition) is 0. The van der Waals surface area contributed by atoms with E-state index in [9.17, 15) is 4.79 Å². The van der Waals surface area contributed by atoms with E-state index in [4.69, 9.17) is 34.8 Å². The number of rotatable bonds is 4. The maximum absolute atomic E-state index is 12.6. The van der Waals surface area contributed by atoms with E-state index in [1.807, 2.05) is 23.6 Å². The first kappa shape index (κ1) is 20.2. The van der Waals surface area contributed by atoms with Crippen molar-refractivity contribution in [2.24, 2.45) is 4.99 Å². The molecular weight excluding hydrogens is 423 g/mol. The van der Waals surface area contributed by atoms with E-state index in [1.54, 1.807) is 30.3 Å². The van der Waals surface area contributed by atoms with Gasteiger partial charge in [0, 0.05) is 27.6 Å². The summed E-state index contributed by atoms with van der Waals surface area (Å²) in [6.45, 7) is 4.78. The number of hydrogen-bond acceptors (Lipinski definition) is 2. The van der Waals surface area contributed by atoms with Crippen LogP contribution in [0.4, 0.5) is 0 Å². The zero-order valence-electron chi connectivity index (χ0n) is 14.8. The minimum Gasteiger partial charge on any atom is -0.316 e. The highest BCUT2D eigenvalue weighted by atomic mass is 35.5. The Labute approximate surface area is 176 Å². The first-order valence-corrected chi connectivity index (χ1v) is 10.4. The summed E-state index contributed by atoms with van der Waals surface area (Å²) < 4.78 is 2.03. The molecule has 140 valence electrons. The number of carbonyl (C=O) groups is 1. The van der Waals surface area contributed by atoms with Crippen molar-refractivity contribution in [1.29, 1.82) is 0 Å². The molecule has 0 aliphatic heterocycles. The molecule has 2 aromatic carbocycles. The fourth-order valence-corrected chi connectivity index (χ4v) is 4.45. The minimum absolute atomic E-state index is 0.315. The second-order valence-corrected chi connectivity index (χ2v) is 8.12. The highest BCUT2D eigenvalue weighted by Gasteiger charge is 2.16. The van der Waals surface area contributed by atoms with Crippen molar-refractivity contribution in [3.63, 3.8) is 0 Å². The Morgan fingerprint density at radius 1 is 1.07 bits per heavy atom. The molecule has 0 aliphatic carbocycles. The van der Waals surface area contributed by atoms with Crippen molar-refractivity contribution >= 4 is 52.0 Å². The van der Waals surface area contributed by atoms with E-state index in [0.717, 1.165) is 22.6 Å². The Morgan fingerprint density at radius 3 is 2.48 bits per heavy atom. The van der Waals surface area contributed by atoms with E-state index in [1.165, 1.54) is 11.3 Å². The van der Waals surface area contributed by atoms with Gasteiger partial charge in [-0.3, -0.25) is 4.79 Å². The second-order valence-electron chi connectivity index (χ2n) is 5.81. The van der Waals surface area contributed by atoms with Crippen molar-refractivity contribution in [1.82, 2.24) is 4.57 Å². The summed E-state index contributed by atoms with van der Waals surface area (Å²) in [5, 5.41) is 1.52. The summed E-state index contributed by atoms with van der Waals surface area (Å²) in [6.07, 6.45) is 0.821. The molecule has 27 heavy (non-hydrogen) atoms. The van der Waals surface area contributed by atoms with Gasteiger partial charge in [0.15, 0.2) is 4.80 Å². The molecule has 0 unspecified atom stereocenters. The molecule has 0 N–H and O–H groups in total. The second kappa shape index (κ2) is 8.61. The van der Waals surface area contributed by atoms with E-state index < -0.39 is 0 Å². The molecule has 0 fully saturated rings. The Balaban J connectivity index is 2.16. The molecular formula is C20H17Cl3N2OS. The van der Waals surface area contributed by atoms with Gasteiger partial charge in [-0.05, 0) is 43.7 Å². The minimum atomic E-state index is -0.315. The SMILES string of the molecule is CCc1sc(=NC(=O)c2cccc(Cl)c2)n(CC)c1-c1ccc(Cl)c(Cl)c1. The van der Waals surface area contributed by atoms with Gasteiger partial charge in [-0.25, -0.2) is 0 Å². The largest absolute Gasteiger partial charge is 0.316 e. The predicted octanol–water partition coefficient (Wildman–Crippen LogP) is 6.50. The predicted molar refractivity (Wildman–Crippen MR) is 114 cm³/mol. The lowest BCUT2D eigenvalue weighted by molar-refractivity contribution is 0.0998.